The molecule has 24 heavy (non-hydrogen) atoms. The van der Waals surface area contributed by atoms with Gasteiger partial charge in [-0.05, 0) is 23.1 Å². The number of benzene rings is 1. The van der Waals surface area contributed by atoms with Gasteiger partial charge in [-0.3, -0.25) is 4.79 Å². The van der Waals surface area contributed by atoms with E-state index in [1.165, 1.54) is 15.6 Å². The van der Waals surface area contributed by atoms with E-state index in [0.717, 1.165) is 5.56 Å². The molecule has 0 bridgehead atoms. The van der Waals surface area contributed by atoms with E-state index in [-0.39, 0.29) is 5.91 Å². The van der Waals surface area contributed by atoms with Gasteiger partial charge in [-0.2, -0.15) is 4.31 Å². The fourth-order valence-corrected chi connectivity index (χ4v) is 5.09. The van der Waals surface area contributed by atoms with Crippen molar-refractivity contribution in [3.05, 3.63) is 59.5 Å². The minimum atomic E-state index is -3.43. The molecule has 1 fully saturated rings. The molecule has 0 N–H and O–H groups in total. The quantitative estimate of drug-likeness (QED) is 0.784. The molecule has 0 aliphatic carbocycles. The van der Waals surface area contributed by atoms with Crippen LogP contribution in [0.4, 0.5) is 0 Å². The van der Waals surface area contributed by atoms with Crippen LogP contribution in [0.25, 0.3) is 6.08 Å². The molecule has 1 aromatic heterocycles. The van der Waals surface area contributed by atoms with Crippen LogP contribution in [0.2, 0.25) is 0 Å². The lowest BCUT2D eigenvalue weighted by atomic mass is 10.2. The van der Waals surface area contributed by atoms with Crippen molar-refractivity contribution in [1.29, 1.82) is 0 Å². The van der Waals surface area contributed by atoms with Crippen LogP contribution < -0.4 is 0 Å². The van der Waals surface area contributed by atoms with E-state index in [1.54, 1.807) is 34.6 Å². The standard InChI is InChI=1S/C17H18N2O3S2/c20-16(9-8-15-5-2-1-3-6-15)18-10-12-19(13-11-18)24(21,22)17-7-4-14-23-17/h1-9,14H,10-13H2/b9-8+. The molecule has 7 heteroatoms. The number of rotatable bonds is 4. The van der Waals surface area contributed by atoms with Gasteiger partial charge in [-0.15, -0.1) is 11.3 Å². The number of amides is 1. The molecule has 126 valence electrons. The van der Waals surface area contributed by atoms with Crippen molar-refractivity contribution in [3.63, 3.8) is 0 Å². The Morgan fingerprint density at radius 3 is 2.33 bits per heavy atom. The maximum absolute atomic E-state index is 12.5. The van der Waals surface area contributed by atoms with Crippen molar-refractivity contribution in [2.75, 3.05) is 26.2 Å². The van der Waals surface area contributed by atoms with Gasteiger partial charge in [-0.1, -0.05) is 36.4 Å². The van der Waals surface area contributed by atoms with Gasteiger partial charge >= 0.3 is 0 Å². The van der Waals surface area contributed by atoms with Crippen molar-refractivity contribution in [3.8, 4) is 0 Å². The van der Waals surface area contributed by atoms with Gasteiger partial charge in [-0.25, -0.2) is 8.42 Å². The highest BCUT2D eigenvalue weighted by molar-refractivity contribution is 7.91. The highest BCUT2D eigenvalue weighted by atomic mass is 32.2. The van der Waals surface area contributed by atoms with Crippen molar-refractivity contribution in [2.45, 2.75) is 4.21 Å². The van der Waals surface area contributed by atoms with E-state index in [4.69, 9.17) is 0 Å². The molecule has 1 aliphatic rings. The number of thiophene rings is 1. The maximum Gasteiger partial charge on any atom is 0.252 e. The molecular weight excluding hydrogens is 344 g/mol. The number of sulfonamides is 1. The van der Waals surface area contributed by atoms with Gasteiger partial charge in [0.15, 0.2) is 0 Å². The van der Waals surface area contributed by atoms with Gasteiger partial charge < -0.3 is 4.90 Å². The third-order valence-electron chi connectivity index (χ3n) is 3.86. The summed E-state index contributed by atoms with van der Waals surface area (Å²) in [5.41, 5.74) is 0.963. The molecule has 1 aliphatic heterocycles. The first-order chi connectivity index (χ1) is 11.6. The monoisotopic (exact) mass is 362 g/mol. The zero-order valence-corrected chi connectivity index (χ0v) is 14.7. The third-order valence-corrected chi connectivity index (χ3v) is 7.13. The average molecular weight is 362 g/mol. The highest BCUT2D eigenvalue weighted by Gasteiger charge is 2.30. The molecule has 0 radical (unpaired) electrons. The van der Waals surface area contributed by atoms with Gasteiger partial charge in [0.1, 0.15) is 4.21 Å². The van der Waals surface area contributed by atoms with Crippen LogP contribution in [-0.2, 0) is 14.8 Å². The summed E-state index contributed by atoms with van der Waals surface area (Å²) in [6.07, 6.45) is 3.32. The van der Waals surface area contributed by atoms with E-state index >= 15 is 0 Å². The van der Waals surface area contributed by atoms with Gasteiger partial charge in [0.2, 0.25) is 5.91 Å². The maximum atomic E-state index is 12.5. The summed E-state index contributed by atoms with van der Waals surface area (Å²) in [6.45, 7) is 1.46. The number of piperazine rings is 1. The predicted molar refractivity (Wildman–Crippen MR) is 95.1 cm³/mol. The lowest BCUT2D eigenvalue weighted by Gasteiger charge is -2.33. The lowest BCUT2D eigenvalue weighted by Crippen LogP contribution is -2.50. The largest absolute Gasteiger partial charge is 0.337 e. The van der Waals surface area contributed by atoms with E-state index in [9.17, 15) is 13.2 Å². The second-order valence-electron chi connectivity index (χ2n) is 5.41. The predicted octanol–water partition coefficient (Wildman–Crippen LogP) is 2.29. The Morgan fingerprint density at radius 1 is 1.00 bits per heavy atom. The molecule has 0 atom stereocenters. The van der Waals surface area contributed by atoms with E-state index < -0.39 is 10.0 Å². The number of hydrogen-bond acceptors (Lipinski definition) is 4. The Labute approximate surface area is 145 Å². The van der Waals surface area contributed by atoms with E-state index in [0.29, 0.717) is 30.4 Å². The van der Waals surface area contributed by atoms with Crippen LogP contribution in [0.3, 0.4) is 0 Å². The Hall–Kier alpha value is -1.96. The molecule has 1 aromatic carbocycles. The van der Waals surface area contributed by atoms with Crippen LogP contribution >= 0.6 is 11.3 Å². The fourth-order valence-electron chi connectivity index (χ4n) is 2.52. The molecule has 1 amide bonds. The van der Waals surface area contributed by atoms with Crippen molar-refractivity contribution in [1.82, 2.24) is 9.21 Å². The molecule has 3 rings (SSSR count). The molecule has 2 heterocycles. The minimum absolute atomic E-state index is 0.0907. The molecule has 2 aromatic rings. The van der Waals surface area contributed by atoms with E-state index in [1.807, 2.05) is 30.3 Å². The molecule has 0 spiro atoms. The number of hydrogen-bond donors (Lipinski definition) is 0. The smallest absolute Gasteiger partial charge is 0.252 e. The first kappa shape index (κ1) is 16.9. The third kappa shape index (κ3) is 3.75. The second-order valence-corrected chi connectivity index (χ2v) is 8.52. The molecule has 0 unspecified atom stereocenters. The summed E-state index contributed by atoms with van der Waals surface area (Å²) in [5, 5.41) is 1.75. The first-order valence-electron chi connectivity index (χ1n) is 7.63. The fraction of sp³-hybridized carbons (Fsp3) is 0.235. The Kier molecular flexibility index (Phi) is 5.13. The lowest BCUT2D eigenvalue weighted by molar-refractivity contribution is -0.127. The minimum Gasteiger partial charge on any atom is -0.337 e. The zero-order chi connectivity index (χ0) is 17.0. The van der Waals surface area contributed by atoms with Crippen molar-refractivity contribution >= 4 is 33.3 Å². The molecule has 1 saturated heterocycles. The van der Waals surface area contributed by atoms with Gasteiger partial charge in [0.05, 0.1) is 0 Å². The summed E-state index contributed by atoms with van der Waals surface area (Å²) in [7, 11) is -3.43. The summed E-state index contributed by atoms with van der Waals surface area (Å²) in [6, 6.07) is 12.9. The summed E-state index contributed by atoms with van der Waals surface area (Å²) in [4.78, 5) is 13.9. The Balaban J connectivity index is 1.59. The number of nitrogens with zero attached hydrogens (tertiary/aromatic N) is 2. The summed E-state index contributed by atoms with van der Waals surface area (Å²) in [5.74, 6) is -0.0907. The first-order valence-corrected chi connectivity index (χ1v) is 9.95. The number of carbonyl (C=O) groups excluding carboxylic acids is 1. The van der Waals surface area contributed by atoms with Crippen LogP contribution in [0.1, 0.15) is 5.56 Å². The van der Waals surface area contributed by atoms with Gasteiger partial charge in [0.25, 0.3) is 10.0 Å². The SMILES string of the molecule is O=C(/C=C/c1ccccc1)N1CCN(S(=O)(=O)c2cccs2)CC1. The Morgan fingerprint density at radius 2 is 1.71 bits per heavy atom. The molecular formula is C17H18N2O3S2. The zero-order valence-electron chi connectivity index (χ0n) is 13.0. The van der Waals surface area contributed by atoms with Crippen LogP contribution in [0.15, 0.2) is 58.1 Å². The van der Waals surface area contributed by atoms with Gasteiger partial charge in [0, 0.05) is 32.3 Å². The second kappa shape index (κ2) is 7.29. The Bertz CT molecular complexity index is 807. The molecule has 5 nitrogen and oxygen atoms in total. The van der Waals surface area contributed by atoms with Crippen molar-refractivity contribution < 1.29 is 13.2 Å². The van der Waals surface area contributed by atoms with Crippen LogP contribution in [-0.4, -0.2) is 49.7 Å². The normalized spacial score (nSPS) is 16.6. The number of carbonyl (C=O) groups is 1. The summed E-state index contributed by atoms with van der Waals surface area (Å²) < 4.78 is 26.7. The van der Waals surface area contributed by atoms with Crippen molar-refractivity contribution in [2.24, 2.45) is 0 Å². The van der Waals surface area contributed by atoms with E-state index in [2.05, 4.69) is 0 Å². The topological polar surface area (TPSA) is 57.7 Å². The average Bonchev–Trinajstić information content (AvgIpc) is 3.16. The van der Waals surface area contributed by atoms with Crippen LogP contribution in [0.5, 0.6) is 0 Å². The molecule has 0 saturated carbocycles. The summed E-state index contributed by atoms with van der Waals surface area (Å²) >= 11 is 1.22. The highest BCUT2D eigenvalue weighted by Crippen LogP contribution is 2.22. The van der Waals surface area contributed by atoms with Crippen LogP contribution in [0, 0.1) is 0 Å².